The van der Waals surface area contributed by atoms with Crippen LogP contribution in [0.2, 0.25) is 0 Å². The predicted octanol–water partition coefficient (Wildman–Crippen LogP) is 5.28. The molecule has 2 rings (SSSR count). The summed E-state index contributed by atoms with van der Waals surface area (Å²) in [7, 11) is 3.09. The third-order valence-corrected chi connectivity index (χ3v) is 6.46. The Balaban J connectivity index is 2.53. The molecule has 0 saturated carbocycles. The summed E-state index contributed by atoms with van der Waals surface area (Å²) in [6, 6.07) is 5.18. The van der Waals surface area contributed by atoms with Crippen molar-refractivity contribution >= 4 is 64.9 Å². The molecule has 1 heterocycles. The van der Waals surface area contributed by atoms with E-state index in [4.69, 9.17) is 9.47 Å². The molecule has 20 heavy (non-hydrogen) atoms. The van der Waals surface area contributed by atoms with Crippen LogP contribution in [-0.2, 0) is 0 Å². The van der Waals surface area contributed by atoms with Gasteiger partial charge in [0.2, 0.25) is 5.78 Å². The minimum atomic E-state index is -0.107. The summed E-state index contributed by atoms with van der Waals surface area (Å²) < 4.78 is 13.0. The van der Waals surface area contributed by atoms with Gasteiger partial charge in [-0.2, -0.15) is 0 Å². The molecule has 0 atom stereocenters. The number of rotatable bonds is 4. The third-order valence-electron chi connectivity index (χ3n) is 2.59. The average Bonchev–Trinajstić information content (AvgIpc) is 2.77. The summed E-state index contributed by atoms with van der Waals surface area (Å²) in [4.78, 5) is 13.2. The number of ether oxygens (including phenoxy) is 2. The SMILES string of the molecule is COc1cc(C(=O)c2cc(Br)c(Br)s2)c(OC)cc1Br. The van der Waals surface area contributed by atoms with Crippen LogP contribution in [0.3, 0.4) is 0 Å². The van der Waals surface area contributed by atoms with E-state index in [9.17, 15) is 4.79 Å². The Morgan fingerprint density at radius 2 is 1.65 bits per heavy atom. The number of carbonyl (C=O) groups is 1. The number of halogens is 3. The number of thiophene rings is 1. The molecule has 0 radical (unpaired) electrons. The maximum absolute atomic E-state index is 12.6. The molecular weight excluding hydrogens is 476 g/mol. The van der Waals surface area contributed by atoms with Crippen LogP contribution >= 0.6 is 59.1 Å². The minimum Gasteiger partial charge on any atom is -0.496 e. The lowest BCUT2D eigenvalue weighted by Gasteiger charge is -2.10. The minimum absolute atomic E-state index is 0.107. The highest BCUT2D eigenvalue weighted by Gasteiger charge is 2.20. The Bertz CT molecular complexity index is 648. The van der Waals surface area contributed by atoms with Gasteiger partial charge < -0.3 is 9.47 Å². The second-order valence-corrected chi connectivity index (χ2v) is 7.83. The van der Waals surface area contributed by atoms with Gasteiger partial charge >= 0.3 is 0 Å². The van der Waals surface area contributed by atoms with Crippen molar-refractivity contribution in [3.05, 3.63) is 41.4 Å². The maximum atomic E-state index is 12.6. The summed E-state index contributed by atoms with van der Waals surface area (Å²) >= 11 is 11.5. The van der Waals surface area contributed by atoms with Gasteiger partial charge in [0.1, 0.15) is 11.5 Å². The summed E-state index contributed by atoms with van der Waals surface area (Å²) in [6.45, 7) is 0. The first-order valence-corrected chi connectivity index (χ1v) is 8.58. The molecule has 7 heteroatoms. The molecule has 0 aliphatic rings. The highest BCUT2D eigenvalue weighted by Crippen LogP contribution is 2.37. The topological polar surface area (TPSA) is 35.5 Å². The van der Waals surface area contributed by atoms with Crippen molar-refractivity contribution in [1.82, 2.24) is 0 Å². The Kier molecular flexibility index (Phi) is 5.28. The van der Waals surface area contributed by atoms with Gasteiger partial charge in [-0.15, -0.1) is 11.3 Å². The molecule has 1 aromatic heterocycles. The molecule has 0 saturated heterocycles. The van der Waals surface area contributed by atoms with Gasteiger partial charge in [0.15, 0.2) is 0 Å². The van der Waals surface area contributed by atoms with Crippen molar-refractivity contribution in [3.63, 3.8) is 0 Å². The summed E-state index contributed by atoms with van der Waals surface area (Å²) in [5, 5.41) is 0. The summed E-state index contributed by atoms with van der Waals surface area (Å²) in [5.41, 5.74) is 0.466. The van der Waals surface area contributed by atoms with Crippen LogP contribution in [0.15, 0.2) is 30.9 Å². The molecule has 3 nitrogen and oxygen atoms in total. The summed E-state index contributed by atoms with van der Waals surface area (Å²) in [6.07, 6.45) is 0. The monoisotopic (exact) mass is 482 g/mol. The van der Waals surface area contributed by atoms with E-state index in [1.807, 2.05) is 0 Å². The Morgan fingerprint density at radius 1 is 1.00 bits per heavy atom. The molecule has 2 aromatic rings. The molecule has 0 bridgehead atoms. The molecule has 0 unspecified atom stereocenters. The maximum Gasteiger partial charge on any atom is 0.206 e. The Morgan fingerprint density at radius 3 is 2.15 bits per heavy atom. The largest absolute Gasteiger partial charge is 0.496 e. The Labute approximate surface area is 145 Å². The van der Waals surface area contributed by atoms with Crippen molar-refractivity contribution < 1.29 is 14.3 Å². The van der Waals surface area contributed by atoms with Crippen molar-refractivity contribution in [2.75, 3.05) is 14.2 Å². The zero-order chi connectivity index (χ0) is 14.9. The van der Waals surface area contributed by atoms with E-state index in [0.717, 1.165) is 12.7 Å². The molecule has 0 aliphatic carbocycles. The van der Waals surface area contributed by atoms with Gasteiger partial charge in [0.25, 0.3) is 0 Å². The van der Waals surface area contributed by atoms with E-state index in [-0.39, 0.29) is 5.78 Å². The fraction of sp³-hybridized carbons (Fsp3) is 0.154. The molecule has 106 valence electrons. The lowest BCUT2D eigenvalue weighted by Crippen LogP contribution is -2.03. The zero-order valence-corrected chi connectivity index (χ0v) is 16.1. The van der Waals surface area contributed by atoms with Crippen molar-refractivity contribution in [3.8, 4) is 11.5 Å². The normalized spacial score (nSPS) is 10.4. The number of benzene rings is 1. The first-order chi connectivity index (χ1) is 9.47. The zero-order valence-electron chi connectivity index (χ0n) is 10.5. The molecular formula is C13H9Br3O3S. The fourth-order valence-electron chi connectivity index (χ4n) is 1.63. The second-order valence-electron chi connectivity index (χ2n) is 3.75. The Hall–Kier alpha value is -0.370. The average molecular weight is 485 g/mol. The second kappa shape index (κ2) is 6.60. The lowest BCUT2D eigenvalue weighted by atomic mass is 10.1. The first-order valence-electron chi connectivity index (χ1n) is 5.39. The third kappa shape index (κ3) is 3.10. The fourth-order valence-corrected chi connectivity index (χ4v) is 4.10. The van der Waals surface area contributed by atoms with E-state index in [1.165, 1.54) is 18.4 Å². The van der Waals surface area contributed by atoms with Crippen LogP contribution in [0.4, 0.5) is 0 Å². The number of hydrogen-bond acceptors (Lipinski definition) is 4. The highest BCUT2D eigenvalue weighted by molar-refractivity contribution is 9.13. The number of ketones is 1. The van der Waals surface area contributed by atoms with Gasteiger partial charge in [0, 0.05) is 4.47 Å². The van der Waals surface area contributed by atoms with Crippen LogP contribution < -0.4 is 9.47 Å². The molecule has 0 spiro atoms. The van der Waals surface area contributed by atoms with E-state index < -0.39 is 0 Å². The quantitative estimate of drug-likeness (QED) is 0.554. The predicted molar refractivity (Wildman–Crippen MR) is 90.4 cm³/mol. The molecule has 0 amide bonds. The number of methoxy groups -OCH3 is 2. The van der Waals surface area contributed by atoms with Crippen LogP contribution in [0.5, 0.6) is 11.5 Å². The first kappa shape index (κ1) is 16.0. The molecule has 0 N–H and O–H groups in total. The van der Waals surface area contributed by atoms with E-state index in [0.29, 0.717) is 21.9 Å². The van der Waals surface area contributed by atoms with Crippen LogP contribution in [0.25, 0.3) is 0 Å². The van der Waals surface area contributed by atoms with Gasteiger partial charge in [-0.3, -0.25) is 4.79 Å². The van der Waals surface area contributed by atoms with Gasteiger partial charge in [0.05, 0.1) is 32.9 Å². The van der Waals surface area contributed by atoms with Gasteiger partial charge in [-0.25, -0.2) is 0 Å². The lowest BCUT2D eigenvalue weighted by molar-refractivity contribution is 0.103. The van der Waals surface area contributed by atoms with Crippen LogP contribution in [-0.4, -0.2) is 20.0 Å². The van der Waals surface area contributed by atoms with Gasteiger partial charge in [-0.1, -0.05) is 0 Å². The number of carbonyl (C=O) groups excluding carboxylic acids is 1. The van der Waals surface area contributed by atoms with E-state index >= 15 is 0 Å². The molecule has 0 aliphatic heterocycles. The van der Waals surface area contributed by atoms with E-state index in [2.05, 4.69) is 47.8 Å². The molecule has 0 fully saturated rings. The standard InChI is InChI=1S/C13H9Br3O3S/c1-18-9-4-7(14)10(19-2)3-6(9)12(17)11-5-8(15)13(16)20-11/h3-5H,1-2H3. The highest BCUT2D eigenvalue weighted by atomic mass is 79.9. The number of hydrogen-bond donors (Lipinski definition) is 0. The molecule has 1 aromatic carbocycles. The summed E-state index contributed by atoms with van der Waals surface area (Å²) in [5.74, 6) is 0.983. The van der Waals surface area contributed by atoms with Crippen molar-refractivity contribution in [1.29, 1.82) is 0 Å². The van der Waals surface area contributed by atoms with Crippen molar-refractivity contribution in [2.24, 2.45) is 0 Å². The van der Waals surface area contributed by atoms with E-state index in [1.54, 1.807) is 25.3 Å². The smallest absolute Gasteiger partial charge is 0.206 e. The van der Waals surface area contributed by atoms with Gasteiger partial charge in [-0.05, 0) is 66.0 Å². The van der Waals surface area contributed by atoms with Crippen LogP contribution in [0.1, 0.15) is 15.2 Å². The van der Waals surface area contributed by atoms with Crippen LogP contribution in [0, 0.1) is 0 Å². The van der Waals surface area contributed by atoms with Crippen molar-refractivity contribution in [2.45, 2.75) is 0 Å².